The standard InChI is InChI=1S/C23H27N3O2/c1-3-5-10-22-24-21(7-4-2)25-26(22)16-17-11-13-18(14-12-17)19-8-6-9-20(15-19)23(27)28/h6,8-9,11-15H,3-5,7,10,16H2,1-2H3,(H,27,28). The lowest BCUT2D eigenvalue weighted by Gasteiger charge is -2.08. The Kier molecular flexibility index (Phi) is 6.58. The van der Waals surface area contributed by atoms with Gasteiger partial charge in [-0.05, 0) is 41.7 Å². The molecule has 0 bridgehead atoms. The molecule has 0 saturated heterocycles. The third-order valence-corrected chi connectivity index (χ3v) is 4.75. The van der Waals surface area contributed by atoms with Crippen molar-refractivity contribution in [1.29, 1.82) is 0 Å². The summed E-state index contributed by atoms with van der Waals surface area (Å²) in [5.41, 5.74) is 3.36. The van der Waals surface area contributed by atoms with Gasteiger partial charge in [0.05, 0.1) is 12.1 Å². The van der Waals surface area contributed by atoms with Crippen LogP contribution < -0.4 is 0 Å². The van der Waals surface area contributed by atoms with Crippen LogP contribution in [0.3, 0.4) is 0 Å². The predicted octanol–water partition coefficient (Wildman–Crippen LogP) is 4.99. The molecule has 0 aliphatic carbocycles. The smallest absolute Gasteiger partial charge is 0.335 e. The summed E-state index contributed by atoms with van der Waals surface area (Å²) in [7, 11) is 0. The highest BCUT2D eigenvalue weighted by molar-refractivity contribution is 5.89. The van der Waals surface area contributed by atoms with Crippen molar-refractivity contribution in [1.82, 2.24) is 14.8 Å². The van der Waals surface area contributed by atoms with Gasteiger partial charge in [0.15, 0.2) is 5.82 Å². The van der Waals surface area contributed by atoms with Crippen LogP contribution in [0.2, 0.25) is 0 Å². The lowest BCUT2D eigenvalue weighted by molar-refractivity contribution is 0.0697. The largest absolute Gasteiger partial charge is 0.478 e. The van der Waals surface area contributed by atoms with Gasteiger partial charge in [-0.2, -0.15) is 5.10 Å². The first kappa shape index (κ1) is 19.8. The molecule has 0 saturated carbocycles. The molecule has 0 amide bonds. The van der Waals surface area contributed by atoms with Crippen molar-refractivity contribution in [3.8, 4) is 11.1 Å². The zero-order valence-corrected chi connectivity index (χ0v) is 16.6. The van der Waals surface area contributed by atoms with E-state index in [-0.39, 0.29) is 0 Å². The monoisotopic (exact) mass is 377 g/mol. The summed E-state index contributed by atoms with van der Waals surface area (Å²) in [6.45, 7) is 5.03. The Hall–Kier alpha value is -2.95. The SMILES string of the molecule is CCCCc1nc(CCC)nn1Cc1ccc(-c2cccc(C(=O)O)c2)cc1. The van der Waals surface area contributed by atoms with E-state index in [1.165, 1.54) is 0 Å². The van der Waals surface area contributed by atoms with Crippen molar-refractivity contribution in [3.63, 3.8) is 0 Å². The van der Waals surface area contributed by atoms with Gasteiger partial charge in [0.1, 0.15) is 5.82 Å². The molecule has 3 aromatic rings. The number of rotatable bonds is 9. The molecule has 0 aliphatic heterocycles. The third kappa shape index (κ3) is 4.85. The summed E-state index contributed by atoms with van der Waals surface area (Å²) in [6, 6.07) is 15.2. The van der Waals surface area contributed by atoms with Gasteiger partial charge in [-0.3, -0.25) is 0 Å². The number of carbonyl (C=O) groups is 1. The van der Waals surface area contributed by atoms with Crippen molar-refractivity contribution in [2.45, 2.75) is 52.5 Å². The molecule has 0 radical (unpaired) electrons. The topological polar surface area (TPSA) is 68.0 Å². The molecular weight excluding hydrogens is 350 g/mol. The summed E-state index contributed by atoms with van der Waals surface area (Å²) in [6.07, 6.45) is 5.16. The number of hydrogen-bond donors (Lipinski definition) is 1. The quantitative estimate of drug-likeness (QED) is 0.571. The Balaban J connectivity index is 1.79. The summed E-state index contributed by atoms with van der Waals surface area (Å²) < 4.78 is 2.03. The van der Waals surface area contributed by atoms with Crippen LogP contribution in [0.15, 0.2) is 48.5 Å². The number of unbranched alkanes of at least 4 members (excludes halogenated alkanes) is 1. The first-order valence-corrected chi connectivity index (χ1v) is 9.96. The second-order valence-corrected chi connectivity index (χ2v) is 7.04. The number of hydrogen-bond acceptors (Lipinski definition) is 3. The maximum Gasteiger partial charge on any atom is 0.335 e. The maximum absolute atomic E-state index is 11.2. The maximum atomic E-state index is 11.2. The van der Waals surface area contributed by atoms with E-state index in [9.17, 15) is 9.90 Å². The van der Waals surface area contributed by atoms with Crippen LogP contribution in [0.4, 0.5) is 0 Å². The molecular formula is C23H27N3O2. The van der Waals surface area contributed by atoms with E-state index < -0.39 is 5.97 Å². The number of aromatic nitrogens is 3. The fourth-order valence-corrected chi connectivity index (χ4v) is 3.21. The number of benzene rings is 2. The lowest BCUT2D eigenvalue weighted by Crippen LogP contribution is -2.07. The van der Waals surface area contributed by atoms with E-state index in [2.05, 4.69) is 26.0 Å². The van der Waals surface area contributed by atoms with Crippen LogP contribution in [0.5, 0.6) is 0 Å². The van der Waals surface area contributed by atoms with Crippen molar-refractivity contribution in [2.75, 3.05) is 0 Å². The van der Waals surface area contributed by atoms with Crippen molar-refractivity contribution in [3.05, 3.63) is 71.3 Å². The van der Waals surface area contributed by atoms with Crippen molar-refractivity contribution < 1.29 is 9.90 Å². The van der Waals surface area contributed by atoms with Crippen LogP contribution in [-0.4, -0.2) is 25.8 Å². The summed E-state index contributed by atoms with van der Waals surface area (Å²) in [5, 5.41) is 13.9. The van der Waals surface area contributed by atoms with Gasteiger partial charge in [-0.1, -0.05) is 56.7 Å². The zero-order valence-electron chi connectivity index (χ0n) is 16.6. The van der Waals surface area contributed by atoms with Gasteiger partial charge >= 0.3 is 5.97 Å². The molecule has 146 valence electrons. The van der Waals surface area contributed by atoms with Crippen LogP contribution >= 0.6 is 0 Å². The Morgan fingerprint density at radius 3 is 2.46 bits per heavy atom. The fraction of sp³-hybridized carbons (Fsp3) is 0.348. The second-order valence-electron chi connectivity index (χ2n) is 7.04. The highest BCUT2D eigenvalue weighted by Crippen LogP contribution is 2.21. The Labute approximate surface area is 166 Å². The van der Waals surface area contributed by atoms with E-state index >= 15 is 0 Å². The zero-order chi connectivity index (χ0) is 19.9. The lowest BCUT2D eigenvalue weighted by atomic mass is 10.0. The molecule has 3 rings (SSSR count). The minimum absolute atomic E-state index is 0.299. The number of carboxylic acids is 1. The van der Waals surface area contributed by atoms with Gasteiger partial charge in [-0.15, -0.1) is 0 Å². The molecule has 2 aromatic carbocycles. The van der Waals surface area contributed by atoms with E-state index in [0.717, 1.165) is 60.4 Å². The molecule has 0 aliphatic rings. The first-order chi connectivity index (χ1) is 13.6. The molecule has 28 heavy (non-hydrogen) atoms. The van der Waals surface area contributed by atoms with E-state index in [1.807, 2.05) is 22.9 Å². The Morgan fingerprint density at radius 2 is 1.79 bits per heavy atom. The molecule has 1 N–H and O–H groups in total. The van der Waals surface area contributed by atoms with Gasteiger partial charge < -0.3 is 5.11 Å². The van der Waals surface area contributed by atoms with Crippen LogP contribution in [0.25, 0.3) is 11.1 Å². The first-order valence-electron chi connectivity index (χ1n) is 9.96. The number of nitrogens with zero attached hydrogens (tertiary/aromatic N) is 3. The summed E-state index contributed by atoms with van der Waals surface area (Å²) in [5.74, 6) is 1.08. The van der Waals surface area contributed by atoms with Crippen molar-refractivity contribution in [2.24, 2.45) is 0 Å². The molecule has 0 spiro atoms. The van der Waals surface area contributed by atoms with E-state index in [1.54, 1.807) is 18.2 Å². The number of carboxylic acid groups (broad SMARTS) is 1. The molecule has 5 nitrogen and oxygen atoms in total. The molecule has 1 aromatic heterocycles. The summed E-state index contributed by atoms with van der Waals surface area (Å²) in [4.78, 5) is 15.9. The highest BCUT2D eigenvalue weighted by atomic mass is 16.4. The van der Waals surface area contributed by atoms with Gasteiger partial charge in [0.2, 0.25) is 0 Å². The molecule has 0 atom stereocenters. The average Bonchev–Trinajstić information content (AvgIpc) is 3.08. The third-order valence-electron chi connectivity index (χ3n) is 4.75. The fourth-order valence-electron chi connectivity index (χ4n) is 3.21. The van der Waals surface area contributed by atoms with Crippen LogP contribution in [0, 0.1) is 0 Å². The van der Waals surface area contributed by atoms with Gasteiger partial charge in [-0.25, -0.2) is 14.5 Å². The molecule has 5 heteroatoms. The van der Waals surface area contributed by atoms with Gasteiger partial charge in [0.25, 0.3) is 0 Å². The van der Waals surface area contributed by atoms with Crippen LogP contribution in [0.1, 0.15) is 60.7 Å². The molecule has 0 fully saturated rings. The summed E-state index contributed by atoms with van der Waals surface area (Å²) >= 11 is 0. The number of aryl methyl sites for hydroxylation is 2. The minimum atomic E-state index is -0.910. The average molecular weight is 377 g/mol. The predicted molar refractivity (Wildman–Crippen MR) is 111 cm³/mol. The number of aromatic carboxylic acids is 1. The van der Waals surface area contributed by atoms with Crippen molar-refractivity contribution >= 4 is 5.97 Å². The second kappa shape index (κ2) is 9.31. The highest BCUT2D eigenvalue weighted by Gasteiger charge is 2.10. The minimum Gasteiger partial charge on any atom is -0.478 e. The van der Waals surface area contributed by atoms with Crippen LogP contribution in [-0.2, 0) is 19.4 Å². The Morgan fingerprint density at radius 1 is 1.00 bits per heavy atom. The Bertz CT molecular complexity index is 929. The molecule has 1 heterocycles. The van der Waals surface area contributed by atoms with Gasteiger partial charge in [0, 0.05) is 12.8 Å². The normalized spacial score (nSPS) is 10.9. The van der Waals surface area contributed by atoms with E-state index in [0.29, 0.717) is 12.1 Å². The van der Waals surface area contributed by atoms with E-state index in [4.69, 9.17) is 10.1 Å². The molecule has 0 unspecified atom stereocenters.